The zero-order valence-electron chi connectivity index (χ0n) is 16.5. The molecule has 1 fully saturated rings. The van der Waals surface area contributed by atoms with Gasteiger partial charge in [-0.2, -0.15) is 9.61 Å². The summed E-state index contributed by atoms with van der Waals surface area (Å²) in [6.07, 6.45) is 2.93. The maximum Gasteiger partial charge on any atom is 0.165 e. The Morgan fingerprint density at radius 1 is 1.18 bits per heavy atom. The number of hydrogen-bond acceptors (Lipinski definition) is 6. The van der Waals surface area contributed by atoms with E-state index in [1.54, 1.807) is 7.11 Å². The van der Waals surface area contributed by atoms with Crippen LogP contribution < -0.4 is 10.1 Å². The monoisotopic (exact) mass is 381 g/mol. The van der Waals surface area contributed by atoms with Gasteiger partial charge in [0.15, 0.2) is 5.65 Å². The van der Waals surface area contributed by atoms with E-state index in [0.717, 1.165) is 79.8 Å². The topological polar surface area (TPSA) is 63.9 Å². The first kappa shape index (κ1) is 18.7. The number of para-hydroxylation sites is 1. The minimum atomic E-state index is 0.820. The number of fused-ring (bicyclic) bond motifs is 1. The van der Waals surface area contributed by atoms with Gasteiger partial charge in [-0.25, -0.2) is 4.98 Å². The van der Waals surface area contributed by atoms with Crippen molar-refractivity contribution in [2.24, 2.45) is 0 Å². The lowest BCUT2D eigenvalue weighted by atomic mass is 10.1. The van der Waals surface area contributed by atoms with Crippen molar-refractivity contribution in [3.05, 3.63) is 42.2 Å². The lowest BCUT2D eigenvalue weighted by Crippen LogP contribution is -2.37. The molecule has 0 bridgehead atoms. The van der Waals surface area contributed by atoms with E-state index in [2.05, 4.69) is 15.3 Å². The van der Waals surface area contributed by atoms with Gasteiger partial charge in [0.1, 0.15) is 11.6 Å². The summed E-state index contributed by atoms with van der Waals surface area (Å²) in [6, 6.07) is 10.0. The predicted octanol–water partition coefficient (Wildman–Crippen LogP) is 2.85. The van der Waals surface area contributed by atoms with Gasteiger partial charge in [0.05, 0.1) is 32.1 Å². The third-order valence-corrected chi connectivity index (χ3v) is 5.06. The van der Waals surface area contributed by atoms with Crippen LogP contribution >= 0.6 is 0 Å². The Morgan fingerprint density at radius 3 is 2.82 bits per heavy atom. The Hall–Kier alpha value is -2.64. The Bertz CT molecular complexity index is 934. The van der Waals surface area contributed by atoms with Crippen molar-refractivity contribution in [3.8, 4) is 16.9 Å². The molecule has 3 aromatic rings. The highest BCUT2D eigenvalue weighted by Gasteiger charge is 2.15. The van der Waals surface area contributed by atoms with Crippen molar-refractivity contribution in [1.29, 1.82) is 0 Å². The SMILES string of the molecule is COc1ccccc1-c1cnn2c(NCCCN3CCOCC3)cc(C)nc12. The average Bonchev–Trinajstić information content (AvgIpc) is 3.15. The summed E-state index contributed by atoms with van der Waals surface area (Å²) in [4.78, 5) is 7.18. The number of methoxy groups -OCH3 is 1. The van der Waals surface area contributed by atoms with E-state index in [4.69, 9.17) is 14.5 Å². The quantitative estimate of drug-likeness (QED) is 0.635. The number of hydrogen-bond donors (Lipinski definition) is 1. The van der Waals surface area contributed by atoms with Gasteiger partial charge < -0.3 is 14.8 Å². The fourth-order valence-corrected chi connectivity index (χ4v) is 3.61. The summed E-state index contributed by atoms with van der Waals surface area (Å²) in [5.41, 5.74) is 3.76. The number of rotatable bonds is 7. The standard InChI is InChI=1S/C21H27N5O2/c1-16-14-20(22-8-5-9-25-10-12-28-13-11-25)26-21(24-16)18(15-23-26)17-6-3-4-7-19(17)27-2/h3-4,6-7,14-15,22H,5,8-13H2,1-2H3. The van der Waals surface area contributed by atoms with E-state index in [-0.39, 0.29) is 0 Å². The molecule has 7 heteroatoms. The fraction of sp³-hybridized carbons (Fsp3) is 0.429. The van der Waals surface area contributed by atoms with Gasteiger partial charge in [0, 0.05) is 37.0 Å². The van der Waals surface area contributed by atoms with Crippen LogP contribution in [0.4, 0.5) is 5.82 Å². The molecule has 0 amide bonds. The van der Waals surface area contributed by atoms with Crippen LogP contribution in [0.3, 0.4) is 0 Å². The second-order valence-corrected chi connectivity index (χ2v) is 7.01. The zero-order valence-corrected chi connectivity index (χ0v) is 16.5. The van der Waals surface area contributed by atoms with Crippen LogP contribution in [0.2, 0.25) is 0 Å². The summed E-state index contributed by atoms with van der Waals surface area (Å²) < 4.78 is 12.8. The Balaban J connectivity index is 1.52. The minimum Gasteiger partial charge on any atom is -0.496 e. The lowest BCUT2D eigenvalue weighted by molar-refractivity contribution is 0.0378. The number of benzene rings is 1. The maximum absolute atomic E-state index is 5.52. The second-order valence-electron chi connectivity index (χ2n) is 7.01. The normalized spacial score (nSPS) is 15.1. The highest BCUT2D eigenvalue weighted by molar-refractivity contribution is 5.82. The molecule has 28 heavy (non-hydrogen) atoms. The lowest BCUT2D eigenvalue weighted by Gasteiger charge is -2.26. The third kappa shape index (κ3) is 3.95. The fourth-order valence-electron chi connectivity index (χ4n) is 3.61. The van der Waals surface area contributed by atoms with E-state index < -0.39 is 0 Å². The van der Waals surface area contributed by atoms with Gasteiger partial charge >= 0.3 is 0 Å². The van der Waals surface area contributed by atoms with Gasteiger partial charge in [-0.1, -0.05) is 18.2 Å². The predicted molar refractivity (Wildman–Crippen MR) is 110 cm³/mol. The summed E-state index contributed by atoms with van der Waals surface area (Å²) in [7, 11) is 1.69. The molecule has 1 aromatic carbocycles. The molecule has 0 spiro atoms. The number of aromatic nitrogens is 3. The highest BCUT2D eigenvalue weighted by Crippen LogP contribution is 2.32. The third-order valence-electron chi connectivity index (χ3n) is 5.06. The van der Waals surface area contributed by atoms with E-state index in [1.165, 1.54) is 0 Å². The molecule has 1 aliphatic rings. The molecular weight excluding hydrogens is 354 g/mol. The van der Waals surface area contributed by atoms with E-state index in [0.29, 0.717) is 0 Å². The van der Waals surface area contributed by atoms with Crippen LogP contribution in [0.25, 0.3) is 16.8 Å². The molecule has 7 nitrogen and oxygen atoms in total. The van der Waals surface area contributed by atoms with Crippen molar-refractivity contribution >= 4 is 11.5 Å². The van der Waals surface area contributed by atoms with E-state index >= 15 is 0 Å². The number of nitrogens with zero attached hydrogens (tertiary/aromatic N) is 4. The second kappa shape index (κ2) is 8.58. The van der Waals surface area contributed by atoms with E-state index in [1.807, 2.05) is 48.0 Å². The summed E-state index contributed by atoms with van der Waals surface area (Å²) in [6.45, 7) is 7.72. The molecule has 1 N–H and O–H groups in total. The van der Waals surface area contributed by atoms with Gasteiger partial charge in [-0.3, -0.25) is 4.90 Å². The Labute approximate surface area is 165 Å². The van der Waals surface area contributed by atoms with Crippen molar-refractivity contribution in [2.75, 3.05) is 51.8 Å². The zero-order chi connectivity index (χ0) is 19.3. The molecule has 2 aromatic heterocycles. The molecule has 0 atom stereocenters. The largest absolute Gasteiger partial charge is 0.496 e. The molecule has 1 saturated heterocycles. The maximum atomic E-state index is 5.52. The molecule has 0 saturated carbocycles. The number of morpholine rings is 1. The van der Waals surface area contributed by atoms with Gasteiger partial charge in [-0.05, 0) is 26.0 Å². The first-order valence-electron chi connectivity index (χ1n) is 9.79. The smallest absolute Gasteiger partial charge is 0.165 e. The molecule has 4 rings (SSSR count). The number of anilines is 1. The summed E-state index contributed by atoms with van der Waals surface area (Å²) in [5, 5.41) is 8.12. The van der Waals surface area contributed by atoms with E-state index in [9.17, 15) is 0 Å². The molecule has 0 aliphatic carbocycles. The number of ether oxygens (including phenoxy) is 2. The molecule has 1 aliphatic heterocycles. The highest BCUT2D eigenvalue weighted by atomic mass is 16.5. The summed E-state index contributed by atoms with van der Waals surface area (Å²) >= 11 is 0. The minimum absolute atomic E-state index is 0.820. The molecular formula is C21H27N5O2. The van der Waals surface area contributed by atoms with Crippen LogP contribution in [0.1, 0.15) is 12.1 Å². The number of nitrogens with one attached hydrogen (secondary N) is 1. The Morgan fingerprint density at radius 2 is 2.00 bits per heavy atom. The van der Waals surface area contributed by atoms with Crippen LogP contribution in [-0.4, -0.2) is 66.0 Å². The van der Waals surface area contributed by atoms with Crippen LogP contribution in [-0.2, 0) is 4.74 Å². The average molecular weight is 381 g/mol. The van der Waals surface area contributed by atoms with Crippen molar-refractivity contribution in [1.82, 2.24) is 19.5 Å². The number of aryl methyl sites for hydroxylation is 1. The first-order chi connectivity index (χ1) is 13.8. The molecule has 148 valence electrons. The van der Waals surface area contributed by atoms with Gasteiger partial charge in [0.2, 0.25) is 0 Å². The molecule has 0 radical (unpaired) electrons. The van der Waals surface area contributed by atoms with Gasteiger partial charge in [0.25, 0.3) is 0 Å². The van der Waals surface area contributed by atoms with Crippen LogP contribution in [0.5, 0.6) is 5.75 Å². The van der Waals surface area contributed by atoms with Crippen LogP contribution in [0, 0.1) is 6.92 Å². The van der Waals surface area contributed by atoms with Gasteiger partial charge in [-0.15, -0.1) is 0 Å². The summed E-state index contributed by atoms with van der Waals surface area (Å²) in [5.74, 6) is 1.78. The van der Waals surface area contributed by atoms with Crippen molar-refractivity contribution < 1.29 is 9.47 Å². The van der Waals surface area contributed by atoms with Crippen LogP contribution in [0.15, 0.2) is 36.5 Å². The van der Waals surface area contributed by atoms with Crippen molar-refractivity contribution in [3.63, 3.8) is 0 Å². The molecule has 0 unspecified atom stereocenters. The van der Waals surface area contributed by atoms with Crippen molar-refractivity contribution in [2.45, 2.75) is 13.3 Å². The molecule has 3 heterocycles. The first-order valence-corrected chi connectivity index (χ1v) is 9.79. The Kier molecular flexibility index (Phi) is 5.73.